The molecule has 2 aromatic rings. The maximum atomic E-state index is 14.6. The highest BCUT2D eigenvalue weighted by molar-refractivity contribution is 6.03. The molecule has 9 heteroatoms. The lowest BCUT2D eigenvalue weighted by molar-refractivity contribution is -0.153. The van der Waals surface area contributed by atoms with Crippen LogP contribution >= 0.6 is 0 Å². The van der Waals surface area contributed by atoms with Gasteiger partial charge >= 0.3 is 0 Å². The summed E-state index contributed by atoms with van der Waals surface area (Å²) < 4.78 is 12.5. The Bertz CT molecular complexity index is 1380. The van der Waals surface area contributed by atoms with Crippen LogP contribution in [-0.4, -0.2) is 82.7 Å². The number of aliphatic hydroxyl groups is 1. The van der Waals surface area contributed by atoms with Gasteiger partial charge in [0.15, 0.2) is 0 Å². The molecule has 3 heterocycles. The number of nitrogens with zero attached hydrogens (tertiary/aromatic N) is 3. The molecule has 3 aliphatic heterocycles. The van der Waals surface area contributed by atoms with Crippen molar-refractivity contribution in [3.63, 3.8) is 0 Å². The number of likely N-dealkylation sites (tertiary alicyclic amines) is 1. The maximum Gasteiger partial charge on any atom is 0.248 e. The number of rotatable bonds is 14. The summed E-state index contributed by atoms with van der Waals surface area (Å²) in [6, 6.07) is 16.0. The molecule has 0 aliphatic carbocycles. The van der Waals surface area contributed by atoms with E-state index in [-0.39, 0.29) is 44.0 Å². The molecule has 2 bridgehead atoms. The fourth-order valence-corrected chi connectivity index (χ4v) is 7.59. The molecule has 2 unspecified atom stereocenters. The van der Waals surface area contributed by atoms with Crippen molar-refractivity contribution >= 4 is 23.4 Å². The van der Waals surface area contributed by atoms with Gasteiger partial charge in [0.1, 0.15) is 17.4 Å². The van der Waals surface area contributed by atoms with Gasteiger partial charge in [-0.2, -0.15) is 0 Å². The van der Waals surface area contributed by atoms with Gasteiger partial charge in [-0.3, -0.25) is 14.4 Å². The smallest absolute Gasteiger partial charge is 0.248 e. The van der Waals surface area contributed by atoms with Crippen molar-refractivity contribution in [3.05, 3.63) is 85.5 Å². The van der Waals surface area contributed by atoms with Crippen LogP contribution in [0.4, 0.5) is 5.69 Å². The number of hydrogen-bond donors (Lipinski definition) is 1. The van der Waals surface area contributed by atoms with Crippen molar-refractivity contribution in [3.8, 4) is 5.75 Å². The Kier molecular flexibility index (Phi) is 9.27. The molecule has 0 aromatic heterocycles. The minimum atomic E-state index is -1.19. The summed E-state index contributed by atoms with van der Waals surface area (Å²) in [4.78, 5) is 48.3. The Hall–Kier alpha value is -3.95. The maximum absolute atomic E-state index is 14.6. The van der Waals surface area contributed by atoms with Crippen molar-refractivity contribution in [2.75, 3.05) is 37.7 Å². The largest absolute Gasteiger partial charge is 0.494 e. The summed E-state index contributed by atoms with van der Waals surface area (Å²) in [6.07, 6.45) is 4.86. The first-order valence-electron chi connectivity index (χ1n) is 15.5. The van der Waals surface area contributed by atoms with Crippen LogP contribution in [0.25, 0.3) is 0 Å². The van der Waals surface area contributed by atoms with Crippen LogP contribution in [0.2, 0.25) is 0 Å². The molecule has 9 nitrogen and oxygen atoms in total. The number of anilines is 1. The molecule has 234 valence electrons. The van der Waals surface area contributed by atoms with Crippen molar-refractivity contribution in [2.24, 2.45) is 11.8 Å². The van der Waals surface area contributed by atoms with Gasteiger partial charge in [-0.15, -0.1) is 13.2 Å². The number of hydrogen-bond acceptors (Lipinski definition) is 6. The van der Waals surface area contributed by atoms with E-state index in [2.05, 4.69) is 13.2 Å². The first-order valence-corrected chi connectivity index (χ1v) is 15.5. The molecular formula is C35H43N3O6. The van der Waals surface area contributed by atoms with E-state index >= 15 is 0 Å². The Morgan fingerprint density at radius 3 is 2.36 bits per heavy atom. The predicted octanol–water partition coefficient (Wildman–Crippen LogP) is 3.97. The first kappa shape index (κ1) is 31.5. The minimum Gasteiger partial charge on any atom is -0.494 e. The standard InChI is InChI=1S/C35H43N3O6/c1-5-20-36(24-25-12-10-9-11-13-25)33(42)30-35-19-18-34(7-3,44-35)28(29(35)32(41)38(30)22-23-39)31(40)37(21-6-2)26-14-16-27(17-15-26)43-8-4/h5-6,9-17,28-30,39H,1-2,7-8,18-24H2,3-4H3/t28-,29+,30?,34+,35?/m1/s1. The molecule has 3 saturated heterocycles. The monoisotopic (exact) mass is 601 g/mol. The second-order valence-electron chi connectivity index (χ2n) is 11.7. The van der Waals surface area contributed by atoms with Crippen molar-refractivity contribution < 1.29 is 29.0 Å². The van der Waals surface area contributed by atoms with Crippen LogP contribution in [0.5, 0.6) is 5.75 Å². The van der Waals surface area contributed by atoms with Crippen LogP contribution in [0.15, 0.2) is 79.9 Å². The summed E-state index contributed by atoms with van der Waals surface area (Å²) in [5.41, 5.74) is -0.477. The third-order valence-corrected chi connectivity index (χ3v) is 9.44. The number of β-amino-alcohol motifs (C(OH)–C–C–N with tert-alkyl or cyclic N) is 1. The van der Waals surface area contributed by atoms with E-state index in [0.29, 0.717) is 43.9 Å². The molecule has 3 fully saturated rings. The summed E-state index contributed by atoms with van der Waals surface area (Å²) >= 11 is 0. The van der Waals surface area contributed by atoms with E-state index in [9.17, 15) is 19.5 Å². The highest BCUT2D eigenvalue weighted by atomic mass is 16.5. The predicted molar refractivity (Wildman–Crippen MR) is 168 cm³/mol. The molecule has 3 amide bonds. The highest BCUT2D eigenvalue weighted by Gasteiger charge is 2.79. The molecular weight excluding hydrogens is 558 g/mol. The minimum absolute atomic E-state index is 0.0284. The molecule has 1 N–H and O–H groups in total. The van der Waals surface area contributed by atoms with E-state index in [0.717, 1.165) is 5.56 Å². The summed E-state index contributed by atoms with van der Waals surface area (Å²) in [7, 11) is 0. The van der Waals surface area contributed by atoms with Crippen molar-refractivity contribution in [2.45, 2.75) is 56.9 Å². The molecule has 2 aromatic carbocycles. The number of benzene rings is 2. The Labute approximate surface area is 259 Å². The fraction of sp³-hybridized carbons (Fsp3) is 0.457. The van der Waals surface area contributed by atoms with E-state index in [1.165, 1.54) is 4.90 Å². The molecule has 5 rings (SSSR count). The van der Waals surface area contributed by atoms with Gasteiger partial charge in [0.05, 0.1) is 30.7 Å². The number of amides is 3. The SMILES string of the molecule is C=CCN(Cc1ccccc1)C(=O)C1N(CCO)C(=O)[C@@H]2[C@H](C(=O)N(CC=C)c3ccc(OCC)cc3)[C@]3(CC)CCC12O3. The zero-order valence-corrected chi connectivity index (χ0v) is 25.7. The van der Waals surface area contributed by atoms with Gasteiger partial charge in [0.2, 0.25) is 17.7 Å². The number of carbonyl (C=O) groups excluding carboxylic acids is 3. The van der Waals surface area contributed by atoms with E-state index < -0.39 is 29.1 Å². The molecule has 5 atom stereocenters. The molecule has 3 aliphatic rings. The first-order chi connectivity index (χ1) is 21.3. The molecule has 0 saturated carbocycles. The molecule has 1 spiro atoms. The van der Waals surface area contributed by atoms with Crippen LogP contribution in [-0.2, 0) is 25.7 Å². The third-order valence-electron chi connectivity index (χ3n) is 9.44. The fourth-order valence-electron chi connectivity index (χ4n) is 7.59. The Balaban J connectivity index is 1.54. The van der Waals surface area contributed by atoms with Crippen molar-refractivity contribution in [1.82, 2.24) is 9.80 Å². The van der Waals surface area contributed by atoms with E-state index in [1.54, 1.807) is 22.0 Å². The van der Waals surface area contributed by atoms with Crippen LogP contribution in [0.1, 0.15) is 38.7 Å². The number of ether oxygens (including phenoxy) is 2. The van der Waals surface area contributed by atoms with Crippen LogP contribution in [0, 0.1) is 11.8 Å². The number of aliphatic hydroxyl groups excluding tert-OH is 1. The highest BCUT2D eigenvalue weighted by Crippen LogP contribution is 2.64. The zero-order chi connectivity index (χ0) is 31.5. The summed E-state index contributed by atoms with van der Waals surface area (Å²) in [5, 5.41) is 10.0. The average Bonchev–Trinajstić information content (AvgIpc) is 3.64. The molecule has 44 heavy (non-hydrogen) atoms. The van der Waals surface area contributed by atoms with E-state index in [1.807, 2.05) is 68.4 Å². The topological polar surface area (TPSA) is 99.6 Å². The van der Waals surface area contributed by atoms with Gasteiger partial charge < -0.3 is 29.3 Å². The Morgan fingerprint density at radius 2 is 1.75 bits per heavy atom. The lowest BCUT2D eigenvalue weighted by Gasteiger charge is -2.37. The third kappa shape index (κ3) is 5.22. The van der Waals surface area contributed by atoms with Crippen LogP contribution in [0.3, 0.4) is 0 Å². The lowest BCUT2D eigenvalue weighted by atomic mass is 9.64. The number of fused-ring (bicyclic) bond motifs is 1. The van der Waals surface area contributed by atoms with Gasteiger partial charge in [-0.05, 0) is 56.0 Å². The van der Waals surface area contributed by atoms with E-state index in [4.69, 9.17) is 9.47 Å². The van der Waals surface area contributed by atoms with Gasteiger partial charge in [-0.25, -0.2) is 0 Å². The number of carbonyl (C=O) groups is 3. The summed E-state index contributed by atoms with van der Waals surface area (Å²) in [6.45, 7) is 12.7. The quantitative estimate of drug-likeness (QED) is 0.329. The normalized spacial score (nSPS) is 26.8. The Morgan fingerprint density at radius 1 is 1.05 bits per heavy atom. The lowest BCUT2D eigenvalue weighted by Crippen LogP contribution is -2.56. The second kappa shape index (κ2) is 13.0. The van der Waals surface area contributed by atoms with Crippen LogP contribution < -0.4 is 9.64 Å². The zero-order valence-electron chi connectivity index (χ0n) is 25.7. The summed E-state index contributed by atoms with van der Waals surface area (Å²) in [5.74, 6) is -1.80. The van der Waals surface area contributed by atoms with Crippen molar-refractivity contribution in [1.29, 1.82) is 0 Å². The average molecular weight is 602 g/mol. The van der Waals surface area contributed by atoms with Gasteiger partial charge in [0, 0.05) is 31.9 Å². The van der Waals surface area contributed by atoms with Gasteiger partial charge in [0.25, 0.3) is 0 Å². The molecule has 0 radical (unpaired) electrons. The second-order valence-corrected chi connectivity index (χ2v) is 11.7. The van der Waals surface area contributed by atoms with Gasteiger partial charge in [-0.1, -0.05) is 49.4 Å².